The summed E-state index contributed by atoms with van der Waals surface area (Å²) in [7, 11) is 0. The largest absolute Gasteiger partial charge is 0.481 e. The molecule has 0 bridgehead atoms. The third kappa shape index (κ3) is 10.7. The van der Waals surface area contributed by atoms with E-state index in [1.54, 1.807) is 0 Å². The molecule has 3 aliphatic carbocycles. The van der Waals surface area contributed by atoms with Gasteiger partial charge in [0.05, 0.1) is 60.9 Å². The predicted octanol–water partition coefficient (Wildman–Crippen LogP) is 7.05. The number of amides is 2. The third-order valence-corrected chi connectivity index (χ3v) is 21.1. The lowest BCUT2D eigenvalue weighted by molar-refractivity contribution is -0.156. The lowest BCUT2D eigenvalue weighted by Gasteiger charge is -2.51. The Morgan fingerprint density at radius 2 is 0.805 bits per heavy atom. The number of aromatic amines is 3. The summed E-state index contributed by atoms with van der Waals surface area (Å²) < 4.78 is 0. The van der Waals surface area contributed by atoms with Gasteiger partial charge in [-0.1, -0.05) is 62.0 Å². The van der Waals surface area contributed by atoms with Crippen molar-refractivity contribution in [1.82, 2.24) is 40.3 Å². The van der Waals surface area contributed by atoms with E-state index >= 15 is 0 Å². The van der Waals surface area contributed by atoms with Crippen LogP contribution < -0.4 is 22.1 Å². The zero-order chi connectivity index (χ0) is 54.2. The van der Waals surface area contributed by atoms with Crippen LogP contribution in [0.25, 0.3) is 32.7 Å². The highest BCUT2D eigenvalue weighted by molar-refractivity contribution is 5.88. The Hall–Kier alpha value is -5.05. The quantitative estimate of drug-likeness (QED) is 0.0776. The number of halogens is 2. The van der Waals surface area contributed by atoms with E-state index in [1.165, 1.54) is 66.5 Å². The van der Waals surface area contributed by atoms with Crippen molar-refractivity contribution in [2.75, 3.05) is 52.6 Å². The maximum atomic E-state index is 13.9. The number of aromatic nitrogens is 3. The number of nitrogens with two attached hydrogens (primary N) is 2. The number of aliphatic hydroxyl groups excluding tert-OH is 3. The van der Waals surface area contributed by atoms with Crippen LogP contribution in [0.15, 0.2) is 72.8 Å². The topological polar surface area (TPSA) is 265 Å². The molecule has 3 saturated heterocycles. The Bertz CT molecular complexity index is 3100. The molecule has 6 fully saturated rings. The number of para-hydroxylation sites is 3. The Labute approximate surface area is 492 Å². The molecule has 0 spiro atoms. The average molecular weight is 1170 g/mol. The van der Waals surface area contributed by atoms with E-state index in [0.717, 1.165) is 97.1 Å². The van der Waals surface area contributed by atoms with Crippen molar-refractivity contribution >= 4 is 75.3 Å². The number of benzene rings is 3. The van der Waals surface area contributed by atoms with Crippen molar-refractivity contribution in [2.24, 2.45) is 64.7 Å². The van der Waals surface area contributed by atoms with Gasteiger partial charge in [-0.15, -0.1) is 24.8 Å². The van der Waals surface area contributed by atoms with Crippen LogP contribution in [0, 0.1) is 53.3 Å². The van der Waals surface area contributed by atoms with Gasteiger partial charge in [0.25, 0.3) is 0 Å². The number of hydrogen-bond acceptors (Lipinski definition) is 11. The number of nitrogens with zero attached hydrogens (tertiary/aromatic N) is 3. The number of nitrogens with one attached hydrogen (secondary N) is 5. The van der Waals surface area contributed by atoms with Crippen molar-refractivity contribution < 1.29 is 34.8 Å². The molecule has 3 aromatic carbocycles. The molecule has 15 rings (SSSR count). The molecule has 1 unspecified atom stereocenters. The van der Waals surface area contributed by atoms with E-state index in [-0.39, 0.29) is 93.3 Å². The molecule has 444 valence electrons. The second-order valence-corrected chi connectivity index (χ2v) is 24.8. The van der Waals surface area contributed by atoms with Gasteiger partial charge in [0.1, 0.15) is 0 Å². The van der Waals surface area contributed by atoms with E-state index in [2.05, 4.69) is 125 Å². The molecule has 9 aliphatic rings. The zero-order valence-corrected chi connectivity index (χ0v) is 47.7. The summed E-state index contributed by atoms with van der Waals surface area (Å²) in [5.74, 6) is -1.50. The highest BCUT2D eigenvalue weighted by atomic mass is 35.5. The van der Waals surface area contributed by atoms with Crippen molar-refractivity contribution in [3.05, 3.63) is 107 Å². The maximum absolute atomic E-state index is 13.9. The number of carboxylic acids is 1. The summed E-state index contributed by atoms with van der Waals surface area (Å²) in [6.07, 6.45) is 8.17. The van der Waals surface area contributed by atoms with Crippen LogP contribution in [0.1, 0.15) is 117 Å². The summed E-state index contributed by atoms with van der Waals surface area (Å²) in [5.41, 5.74) is 20.8. The number of carbonyl (C=O) groups excluding carboxylic acids is 2. The van der Waals surface area contributed by atoms with E-state index < -0.39 is 42.0 Å². The molecule has 19 heteroatoms. The molecule has 6 aliphatic heterocycles. The number of aliphatic hydroxyl groups is 3. The average Bonchev–Trinajstić information content (AvgIpc) is 2.84. The van der Waals surface area contributed by atoms with Gasteiger partial charge in [0, 0.05) is 95.7 Å². The standard InChI is InChI=1S/C41H50N6O4.C20H24N2O3.CH6N2.CH4.2ClH/c48-34-11-9-22-19-46-15-13-26-24-5-1-3-7-30(24)44-38(26)32(46)17-28(22)36(34)40(50)42-21-43-41(51)37-29-18-33-39-27(25-6-2-4-8-31(25)45-39)14-16-47(33)20-23(29)10-12-35(37)49;23-17-6-5-11-10-22-8-7-13-12-3-1-2-4-15(12)21-19(13)16(22)9-14(11)18(17)20(24)25;2-1-3;;;/h1-8,22-23,28-29,32-37,44-45,48-49H,9-21H2,(H,42,50)(H,43,51);1-4,11,14,16-18,21,23H,5-10H2,(H,24,25);1-3H2;1H4;2*1H/t22-,23-,28-,29-,32-,33+,34-,35+,36+,37?;11-,14-,16-,17-,18+;;;;/m00..../s1. The molecular formula is C63H86Cl2N10O7. The Balaban J connectivity index is 0.000000204. The zero-order valence-electron chi connectivity index (χ0n) is 46.1. The van der Waals surface area contributed by atoms with Gasteiger partial charge in [-0.05, 0) is 147 Å². The van der Waals surface area contributed by atoms with E-state index in [9.17, 15) is 34.8 Å². The molecule has 6 aromatic rings. The summed E-state index contributed by atoms with van der Waals surface area (Å²) >= 11 is 0. The first kappa shape index (κ1) is 60.1. The number of hydrogen-bond donors (Lipinski definition) is 11. The van der Waals surface area contributed by atoms with Crippen LogP contribution in [0.5, 0.6) is 0 Å². The highest BCUT2D eigenvalue weighted by Gasteiger charge is 2.52. The maximum Gasteiger partial charge on any atom is 0.309 e. The van der Waals surface area contributed by atoms with Crippen molar-refractivity contribution in [2.45, 2.75) is 121 Å². The number of carbonyl (C=O) groups is 3. The first-order valence-electron chi connectivity index (χ1n) is 29.7. The van der Waals surface area contributed by atoms with E-state index in [4.69, 9.17) is 0 Å². The molecule has 17 nitrogen and oxygen atoms in total. The third-order valence-electron chi connectivity index (χ3n) is 21.1. The first-order valence-corrected chi connectivity index (χ1v) is 29.7. The van der Waals surface area contributed by atoms with Crippen molar-refractivity contribution in [3.63, 3.8) is 0 Å². The number of aliphatic carboxylic acids is 1. The molecule has 15 atom stereocenters. The van der Waals surface area contributed by atoms with Gasteiger partial charge in [0.15, 0.2) is 0 Å². The fraction of sp³-hybridized carbons (Fsp3) is 0.571. The van der Waals surface area contributed by atoms with Crippen molar-refractivity contribution in [1.29, 1.82) is 0 Å². The number of H-pyrrole nitrogens is 3. The molecule has 82 heavy (non-hydrogen) atoms. The summed E-state index contributed by atoms with van der Waals surface area (Å²) in [4.78, 5) is 58.4. The normalized spacial score (nSPS) is 32.5. The first-order chi connectivity index (χ1) is 38.5. The molecule has 2 amide bonds. The van der Waals surface area contributed by atoms with E-state index in [0.29, 0.717) is 37.0 Å². The van der Waals surface area contributed by atoms with Gasteiger partial charge >= 0.3 is 5.97 Å². The Morgan fingerprint density at radius 3 is 1.13 bits per heavy atom. The second kappa shape index (κ2) is 24.9. The molecular weight excluding hydrogens is 1080 g/mol. The highest BCUT2D eigenvalue weighted by Crippen LogP contribution is 2.52. The summed E-state index contributed by atoms with van der Waals surface area (Å²) in [6, 6.07) is 26.1. The summed E-state index contributed by atoms with van der Waals surface area (Å²) in [6.45, 7) is 6.18. The van der Waals surface area contributed by atoms with E-state index in [1.807, 2.05) is 0 Å². The van der Waals surface area contributed by atoms with Gasteiger partial charge in [-0.25, -0.2) is 0 Å². The molecule has 3 aromatic heterocycles. The van der Waals surface area contributed by atoms with Crippen LogP contribution in [0.2, 0.25) is 0 Å². The van der Waals surface area contributed by atoms with Crippen LogP contribution in [-0.4, -0.2) is 139 Å². The number of carboxylic acid groups (broad SMARTS) is 1. The van der Waals surface area contributed by atoms with Crippen LogP contribution >= 0.6 is 24.8 Å². The van der Waals surface area contributed by atoms with Gasteiger partial charge in [-0.2, -0.15) is 0 Å². The molecule has 3 saturated carbocycles. The molecule has 9 heterocycles. The van der Waals surface area contributed by atoms with Crippen LogP contribution in [0.3, 0.4) is 0 Å². The predicted molar refractivity (Wildman–Crippen MR) is 323 cm³/mol. The fourth-order valence-corrected chi connectivity index (χ4v) is 17.5. The minimum Gasteiger partial charge on any atom is -0.481 e. The Morgan fingerprint density at radius 1 is 0.500 bits per heavy atom. The fourth-order valence-electron chi connectivity index (χ4n) is 17.5. The van der Waals surface area contributed by atoms with Gasteiger partial charge in [0.2, 0.25) is 11.8 Å². The van der Waals surface area contributed by atoms with Crippen LogP contribution in [0.4, 0.5) is 0 Å². The monoisotopic (exact) mass is 1160 g/mol. The minimum absolute atomic E-state index is 0. The number of rotatable bonds is 5. The molecule has 0 radical (unpaired) electrons. The minimum atomic E-state index is -0.830. The summed E-state index contributed by atoms with van der Waals surface area (Å²) in [5, 5.41) is 52.4. The van der Waals surface area contributed by atoms with Crippen LogP contribution in [-0.2, 0) is 33.6 Å². The number of fused-ring (bicyclic) bond motifs is 18. The van der Waals surface area contributed by atoms with Crippen molar-refractivity contribution in [3.8, 4) is 0 Å². The van der Waals surface area contributed by atoms with Gasteiger partial charge < -0.3 is 57.5 Å². The molecule has 13 N–H and O–H groups in total. The number of piperidine rings is 3. The lowest BCUT2D eigenvalue weighted by Crippen LogP contribution is -2.57. The second-order valence-electron chi connectivity index (χ2n) is 24.8. The SMILES string of the molecule is C.Cl.Cl.NCN.O=C(NCNC(=O)[C@@H]1[C@H]2C[C@H]3c4[nH]c5ccccc5c4CCN3C[C@@H]2CC[C@@H]1O)C1[C@H](O)CC[C@H]2CN3CCc4c([nH]c5ccccc45)[C@H]3C[C@H]12.O=C(O)[C@@H]1[C@H]2C[C@H]3c4[nH]c5ccccc5c4CCN3C[C@@H]2CC[C@@H]1O. The Kier molecular flexibility index (Phi) is 18.2. The smallest absolute Gasteiger partial charge is 0.309 e. The lowest BCUT2D eigenvalue weighted by atomic mass is 9.64. The van der Waals surface area contributed by atoms with Gasteiger partial charge in [-0.3, -0.25) is 29.1 Å².